The van der Waals surface area contributed by atoms with Crippen LogP contribution in [0.2, 0.25) is 0 Å². The Labute approximate surface area is 98.5 Å². The highest BCUT2D eigenvalue weighted by Crippen LogP contribution is 2.08. The molecule has 6 heteroatoms. The molecule has 2 heterocycles. The number of anilines is 1. The molecule has 0 fully saturated rings. The van der Waals surface area contributed by atoms with Crippen molar-refractivity contribution in [1.82, 2.24) is 14.9 Å². The molecule has 0 radical (unpaired) electrons. The Morgan fingerprint density at radius 3 is 2.76 bits per heavy atom. The lowest BCUT2D eigenvalue weighted by Gasteiger charge is -2.12. The molecule has 2 aromatic heterocycles. The molecule has 0 saturated heterocycles. The van der Waals surface area contributed by atoms with Gasteiger partial charge in [-0.25, -0.2) is 4.68 Å². The Morgan fingerprint density at radius 1 is 1.41 bits per heavy atom. The maximum atomic E-state index is 11.7. The van der Waals surface area contributed by atoms with E-state index in [0.29, 0.717) is 12.3 Å². The summed E-state index contributed by atoms with van der Waals surface area (Å²) in [4.78, 5) is 13.5. The van der Waals surface area contributed by atoms with E-state index in [1.807, 2.05) is 25.9 Å². The zero-order valence-corrected chi connectivity index (χ0v) is 10.0. The fourth-order valence-electron chi connectivity index (χ4n) is 1.42. The van der Waals surface area contributed by atoms with Crippen LogP contribution in [0.15, 0.2) is 27.6 Å². The number of aromatic nitrogens is 3. The van der Waals surface area contributed by atoms with Crippen LogP contribution in [0.1, 0.15) is 11.3 Å². The predicted octanol–water partition coefficient (Wildman–Crippen LogP) is 0.654. The first-order chi connectivity index (χ1) is 8.08. The van der Waals surface area contributed by atoms with E-state index >= 15 is 0 Å². The quantitative estimate of drug-likeness (QED) is 0.780. The second-order valence-electron chi connectivity index (χ2n) is 3.99. The highest BCUT2D eigenvalue weighted by Gasteiger charge is 2.07. The van der Waals surface area contributed by atoms with Crippen molar-refractivity contribution in [3.63, 3.8) is 0 Å². The molecule has 0 atom stereocenters. The van der Waals surface area contributed by atoms with Crippen molar-refractivity contribution >= 4 is 5.82 Å². The summed E-state index contributed by atoms with van der Waals surface area (Å²) >= 11 is 0. The standard InChI is InChI=1S/C11H14N4O2/c1-8-9(6-12-17-8)7-15-11(16)5-4-10(13-15)14(2)3/h4-6H,7H2,1-3H3. The minimum Gasteiger partial charge on any atom is -0.361 e. The summed E-state index contributed by atoms with van der Waals surface area (Å²) in [6.45, 7) is 2.18. The smallest absolute Gasteiger partial charge is 0.267 e. The molecule has 0 unspecified atom stereocenters. The second kappa shape index (κ2) is 4.40. The summed E-state index contributed by atoms with van der Waals surface area (Å²) in [6.07, 6.45) is 1.60. The first-order valence-electron chi connectivity index (χ1n) is 5.23. The summed E-state index contributed by atoms with van der Waals surface area (Å²) in [5.41, 5.74) is 0.715. The van der Waals surface area contributed by atoms with E-state index in [4.69, 9.17) is 4.52 Å². The number of hydrogen-bond acceptors (Lipinski definition) is 5. The lowest BCUT2D eigenvalue weighted by atomic mass is 10.3. The zero-order chi connectivity index (χ0) is 12.4. The van der Waals surface area contributed by atoms with Crippen LogP contribution in [-0.4, -0.2) is 29.0 Å². The highest BCUT2D eigenvalue weighted by atomic mass is 16.5. The van der Waals surface area contributed by atoms with Crippen LogP contribution in [0.4, 0.5) is 5.82 Å². The molecule has 17 heavy (non-hydrogen) atoms. The minimum atomic E-state index is -0.142. The van der Waals surface area contributed by atoms with Crippen LogP contribution in [0.25, 0.3) is 0 Å². The summed E-state index contributed by atoms with van der Waals surface area (Å²) < 4.78 is 6.35. The maximum Gasteiger partial charge on any atom is 0.267 e. The van der Waals surface area contributed by atoms with Crippen molar-refractivity contribution in [1.29, 1.82) is 0 Å². The summed E-state index contributed by atoms with van der Waals surface area (Å²) in [6, 6.07) is 3.20. The molecule has 0 saturated carbocycles. The number of hydrogen-bond donors (Lipinski definition) is 0. The van der Waals surface area contributed by atoms with Gasteiger partial charge in [-0.05, 0) is 13.0 Å². The first kappa shape index (κ1) is 11.4. The molecule has 2 aromatic rings. The van der Waals surface area contributed by atoms with E-state index in [1.165, 1.54) is 10.7 Å². The van der Waals surface area contributed by atoms with Crippen molar-refractivity contribution < 1.29 is 4.52 Å². The van der Waals surface area contributed by atoms with Crippen LogP contribution in [-0.2, 0) is 6.54 Å². The SMILES string of the molecule is Cc1oncc1Cn1nc(N(C)C)ccc1=O. The van der Waals surface area contributed by atoms with Crippen molar-refractivity contribution in [2.45, 2.75) is 13.5 Å². The molecule has 0 amide bonds. The van der Waals surface area contributed by atoms with E-state index in [2.05, 4.69) is 10.3 Å². The van der Waals surface area contributed by atoms with Crippen molar-refractivity contribution in [3.05, 3.63) is 40.0 Å². The average molecular weight is 234 g/mol. The Morgan fingerprint density at radius 2 is 2.18 bits per heavy atom. The lowest BCUT2D eigenvalue weighted by molar-refractivity contribution is 0.395. The monoisotopic (exact) mass is 234 g/mol. The van der Waals surface area contributed by atoms with Gasteiger partial charge in [0.05, 0.1) is 12.7 Å². The molecule has 0 bridgehead atoms. The Balaban J connectivity index is 2.35. The minimum absolute atomic E-state index is 0.142. The summed E-state index contributed by atoms with van der Waals surface area (Å²) in [7, 11) is 3.75. The van der Waals surface area contributed by atoms with Gasteiger partial charge >= 0.3 is 0 Å². The van der Waals surface area contributed by atoms with Gasteiger partial charge in [0.2, 0.25) is 0 Å². The Hall–Kier alpha value is -2.11. The molecule has 0 N–H and O–H groups in total. The normalized spacial score (nSPS) is 10.5. The molecule has 0 aromatic carbocycles. The van der Waals surface area contributed by atoms with Crippen LogP contribution in [0, 0.1) is 6.92 Å². The number of rotatable bonds is 3. The van der Waals surface area contributed by atoms with Gasteiger partial charge in [-0.2, -0.15) is 5.10 Å². The topological polar surface area (TPSA) is 64.2 Å². The van der Waals surface area contributed by atoms with Gasteiger partial charge < -0.3 is 9.42 Å². The van der Waals surface area contributed by atoms with Gasteiger partial charge in [-0.15, -0.1) is 0 Å². The second-order valence-corrected chi connectivity index (χ2v) is 3.99. The van der Waals surface area contributed by atoms with Crippen LogP contribution < -0.4 is 10.5 Å². The van der Waals surface area contributed by atoms with Gasteiger partial charge in [-0.1, -0.05) is 5.16 Å². The van der Waals surface area contributed by atoms with Crippen LogP contribution in [0.3, 0.4) is 0 Å². The predicted molar refractivity (Wildman–Crippen MR) is 63.2 cm³/mol. The van der Waals surface area contributed by atoms with E-state index in [1.54, 1.807) is 12.3 Å². The molecule has 90 valence electrons. The third-order valence-electron chi connectivity index (χ3n) is 2.48. The van der Waals surface area contributed by atoms with Gasteiger partial charge in [-0.3, -0.25) is 4.79 Å². The van der Waals surface area contributed by atoms with Gasteiger partial charge in [0.15, 0.2) is 0 Å². The average Bonchev–Trinajstić information content (AvgIpc) is 2.67. The van der Waals surface area contributed by atoms with Gasteiger partial charge in [0.25, 0.3) is 5.56 Å². The van der Waals surface area contributed by atoms with Crippen LogP contribution in [0.5, 0.6) is 0 Å². The summed E-state index contributed by atoms with van der Waals surface area (Å²) in [5.74, 6) is 1.44. The largest absolute Gasteiger partial charge is 0.361 e. The first-order valence-corrected chi connectivity index (χ1v) is 5.23. The highest BCUT2D eigenvalue weighted by molar-refractivity contribution is 5.33. The van der Waals surface area contributed by atoms with E-state index in [-0.39, 0.29) is 5.56 Å². The molecular formula is C11H14N4O2. The van der Waals surface area contributed by atoms with Gasteiger partial charge in [0.1, 0.15) is 11.6 Å². The van der Waals surface area contributed by atoms with Crippen molar-refractivity contribution in [3.8, 4) is 0 Å². The Bertz CT molecular complexity index is 571. The van der Waals surface area contributed by atoms with E-state index < -0.39 is 0 Å². The van der Waals surface area contributed by atoms with E-state index in [9.17, 15) is 4.79 Å². The molecule has 0 spiro atoms. The molecule has 2 rings (SSSR count). The van der Waals surface area contributed by atoms with Crippen molar-refractivity contribution in [2.24, 2.45) is 0 Å². The molecule has 0 aliphatic rings. The third kappa shape index (κ3) is 2.35. The third-order valence-corrected chi connectivity index (χ3v) is 2.48. The molecule has 6 nitrogen and oxygen atoms in total. The van der Waals surface area contributed by atoms with Gasteiger partial charge in [0, 0.05) is 25.7 Å². The fourth-order valence-corrected chi connectivity index (χ4v) is 1.42. The van der Waals surface area contributed by atoms with Crippen LogP contribution >= 0.6 is 0 Å². The lowest BCUT2D eigenvalue weighted by Crippen LogP contribution is -2.25. The number of nitrogens with zero attached hydrogens (tertiary/aromatic N) is 4. The summed E-state index contributed by atoms with van der Waals surface area (Å²) in [5, 5.41) is 7.92. The Kier molecular flexibility index (Phi) is 2.95. The van der Waals surface area contributed by atoms with Crippen molar-refractivity contribution in [2.75, 3.05) is 19.0 Å². The molecular weight excluding hydrogens is 220 g/mol. The zero-order valence-electron chi connectivity index (χ0n) is 10.0. The molecule has 0 aliphatic carbocycles. The van der Waals surface area contributed by atoms with E-state index in [0.717, 1.165) is 11.4 Å². The molecule has 0 aliphatic heterocycles. The fraction of sp³-hybridized carbons (Fsp3) is 0.364. The maximum absolute atomic E-state index is 11.7. The number of aryl methyl sites for hydroxylation is 1.